The molecule has 0 unspecified atom stereocenters. The van der Waals surface area contributed by atoms with E-state index in [1.165, 1.54) is 54.6 Å². The SMILES string of the molecule is O=C(COC(=O)c1ccccc1C(=O)c1ccccc1)c1ccc(Oc2c(Cl)cccc2[N+](=O)[O-])cc1. The molecular weight excluding hydrogens is 498 g/mol. The highest BCUT2D eigenvalue weighted by atomic mass is 35.5. The molecule has 0 heterocycles. The van der Waals surface area contributed by atoms with Gasteiger partial charge in [0, 0.05) is 22.8 Å². The number of ether oxygens (including phenoxy) is 2. The molecule has 0 spiro atoms. The summed E-state index contributed by atoms with van der Waals surface area (Å²) in [7, 11) is 0. The van der Waals surface area contributed by atoms with Gasteiger partial charge in [0.15, 0.2) is 18.2 Å². The predicted molar refractivity (Wildman–Crippen MR) is 136 cm³/mol. The molecule has 184 valence electrons. The van der Waals surface area contributed by atoms with E-state index in [1.807, 2.05) is 0 Å². The monoisotopic (exact) mass is 515 g/mol. The Kier molecular flexibility index (Phi) is 7.71. The smallest absolute Gasteiger partial charge is 0.339 e. The van der Waals surface area contributed by atoms with Crippen LogP contribution in [0.15, 0.2) is 97.1 Å². The van der Waals surface area contributed by atoms with Crippen molar-refractivity contribution in [3.05, 3.63) is 134 Å². The Morgan fingerprint density at radius 1 is 0.757 bits per heavy atom. The molecule has 4 rings (SSSR count). The quantitative estimate of drug-likeness (QED) is 0.111. The molecule has 0 N–H and O–H groups in total. The molecule has 0 atom stereocenters. The maximum absolute atomic E-state index is 12.8. The van der Waals surface area contributed by atoms with E-state index in [9.17, 15) is 24.5 Å². The average molecular weight is 516 g/mol. The van der Waals surface area contributed by atoms with Crippen LogP contribution in [0.2, 0.25) is 5.02 Å². The summed E-state index contributed by atoms with van der Waals surface area (Å²) >= 11 is 6.04. The van der Waals surface area contributed by atoms with Crippen molar-refractivity contribution in [3.63, 3.8) is 0 Å². The number of ketones is 2. The van der Waals surface area contributed by atoms with Gasteiger partial charge in [0.25, 0.3) is 0 Å². The number of esters is 1. The largest absolute Gasteiger partial charge is 0.454 e. The molecule has 8 nitrogen and oxygen atoms in total. The van der Waals surface area contributed by atoms with E-state index < -0.39 is 23.3 Å². The minimum atomic E-state index is -0.806. The van der Waals surface area contributed by atoms with Crippen LogP contribution < -0.4 is 4.74 Å². The number of rotatable bonds is 9. The molecule has 0 aliphatic carbocycles. The summed E-state index contributed by atoms with van der Waals surface area (Å²) in [5.74, 6) is -1.53. The maximum Gasteiger partial charge on any atom is 0.339 e. The first kappa shape index (κ1) is 25.3. The summed E-state index contributed by atoms with van der Waals surface area (Å²) in [4.78, 5) is 48.8. The van der Waals surface area contributed by atoms with Gasteiger partial charge in [-0.1, -0.05) is 66.2 Å². The van der Waals surface area contributed by atoms with E-state index in [0.29, 0.717) is 5.56 Å². The number of nitrogens with zero attached hydrogens (tertiary/aromatic N) is 1. The van der Waals surface area contributed by atoms with E-state index >= 15 is 0 Å². The second-order valence-corrected chi connectivity index (χ2v) is 8.12. The Morgan fingerprint density at radius 2 is 1.41 bits per heavy atom. The Labute approximate surface area is 216 Å². The Hall–Kier alpha value is -4.82. The number of hydrogen-bond donors (Lipinski definition) is 0. The van der Waals surface area contributed by atoms with Crippen LogP contribution in [0.1, 0.15) is 36.6 Å². The van der Waals surface area contributed by atoms with Gasteiger partial charge in [-0.15, -0.1) is 0 Å². The minimum Gasteiger partial charge on any atom is -0.454 e. The fourth-order valence-corrected chi connectivity index (χ4v) is 3.67. The number of nitro groups is 1. The van der Waals surface area contributed by atoms with E-state index in [4.69, 9.17) is 21.1 Å². The topological polar surface area (TPSA) is 113 Å². The van der Waals surface area contributed by atoms with Crippen LogP contribution in [0.5, 0.6) is 11.5 Å². The van der Waals surface area contributed by atoms with Gasteiger partial charge in [0.2, 0.25) is 5.75 Å². The minimum absolute atomic E-state index is 0.0502. The lowest BCUT2D eigenvalue weighted by atomic mass is 9.98. The Morgan fingerprint density at radius 3 is 2.08 bits per heavy atom. The van der Waals surface area contributed by atoms with Gasteiger partial charge in [-0.2, -0.15) is 0 Å². The summed E-state index contributed by atoms with van der Waals surface area (Å²) in [5.41, 5.74) is 0.562. The molecule has 0 radical (unpaired) electrons. The van der Waals surface area contributed by atoms with Crippen LogP contribution in [0, 0.1) is 10.1 Å². The van der Waals surface area contributed by atoms with E-state index in [1.54, 1.807) is 42.5 Å². The molecule has 4 aromatic carbocycles. The van der Waals surface area contributed by atoms with Crippen LogP contribution in [0.3, 0.4) is 0 Å². The van der Waals surface area contributed by atoms with Crippen LogP contribution in [0.25, 0.3) is 0 Å². The lowest BCUT2D eigenvalue weighted by Crippen LogP contribution is -2.17. The van der Waals surface area contributed by atoms with Crippen molar-refractivity contribution in [3.8, 4) is 11.5 Å². The molecule has 0 fully saturated rings. The lowest BCUT2D eigenvalue weighted by molar-refractivity contribution is -0.385. The molecule has 9 heteroatoms. The number of carbonyl (C=O) groups is 3. The van der Waals surface area contributed by atoms with Gasteiger partial charge in [0.05, 0.1) is 15.5 Å². The van der Waals surface area contributed by atoms with Crippen molar-refractivity contribution in [2.24, 2.45) is 0 Å². The molecule has 0 aliphatic rings. The molecule has 4 aromatic rings. The van der Waals surface area contributed by atoms with Crippen molar-refractivity contribution < 1.29 is 28.8 Å². The molecule has 0 aromatic heterocycles. The third kappa shape index (κ3) is 5.88. The highest BCUT2D eigenvalue weighted by Crippen LogP contribution is 2.37. The van der Waals surface area contributed by atoms with Crippen LogP contribution in [-0.2, 0) is 4.74 Å². The predicted octanol–water partition coefficient (Wildman–Crippen LogP) is 6.31. The van der Waals surface area contributed by atoms with Gasteiger partial charge in [0.1, 0.15) is 5.75 Å². The standard InChI is InChI=1S/C28H18ClNO7/c29-23-11-6-12-24(30(34)35)27(23)37-20-15-13-18(14-16-20)25(31)17-36-28(33)22-10-5-4-9-21(22)26(32)19-7-2-1-3-8-19/h1-16H,17H2. The zero-order chi connectivity index (χ0) is 26.4. The van der Waals surface area contributed by atoms with Crippen LogP contribution in [0.4, 0.5) is 5.69 Å². The number of hydrogen-bond acceptors (Lipinski definition) is 7. The summed E-state index contributed by atoms with van der Waals surface area (Å²) < 4.78 is 10.8. The molecule has 0 saturated carbocycles. The van der Waals surface area contributed by atoms with Gasteiger partial charge >= 0.3 is 11.7 Å². The summed E-state index contributed by atoms with van der Waals surface area (Å²) in [6.45, 7) is -0.553. The highest BCUT2D eigenvalue weighted by molar-refractivity contribution is 6.32. The van der Waals surface area contributed by atoms with Gasteiger partial charge < -0.3 is 9.47 Å². The zero-order valence-corrected chi connectivity index (χ0v) is 19.9. The van der Waals surface area contributed by atoms with Crippen LogP contribution >= 0.6 is 11.6 Å². The first-order chi connectivity index (χ1) is 17.8. The van der Waals surface area contributed by atoms with E-state index in [0.717, 1.165) is 0 Å². The molecular formula is C28H18ClNO7. The molecule has 0 saturated heterocycles. The fraction of sp³-hybridized carbons (Fsp3) is 0.0357. The van der Waals surface area contributed by atoms with Crippen molar-refractivity contribution >= 4 is 34.8 Å². The van der Waals surface area contributed by atoms with Crippen molar-refractivity contribution in [2.45, 2.75) is 0 Å². The Balaban J connectivity index is 1.42. The first-order valence-corrected chi connectivity index (χ1v) is 11.3. The highest BCUT2D eigenvalue weighted by Gasteiger charge is 2.21. The number of nitro benzene ring substituents is 1. The average Bonchev–Trinajstić information content (AvgIpc) is 2.93. The first-order valence-electron chi connectivity index (χ1n) is 10.9. The Bertz CT molecular complexity index is 1480. The van der Waals surface area contributed by atoms with Gasteiger partial charge in [-0.25, -0.2) is 4.79 Å². The molecule has 37 heavy (non-hydrogen) atoms. The summed E-state index contributed by atoms with van der Waals surface area (Å²) in [6, 6.07) is 24.6. The lowest BCUT2D eigenvalue weighted by Gasteiger charge is -2.10. The number of carbonyl (C=O) groups excluding carboxylic acids is 3. The van der Waals surface area contributed by atoms with Crippen molar-refractivity contribution in [2.75, 3.05) is 6.61 Å². The number of para-hydroxylation sites is 1. The normalized spacial score (nSPS) is 10.4. The number of Topliss-reactive ketones (excluding diaryl/α,β-unsaturated/α-hetero) is 1. The summed E-state index contributed by atoms with van der Waals surface area (Å²) in [5, 5.41) is 11.3. The van der Waals surface area contributed by atoms with E-state index in [2.05, 4.69) is 0 Å². The molecule has 0 bridgehead atoms. The fourth-order valence-electron chi connectivity index (χ4n) is 3.47. The third-order valence-electron chi connectivity index (χ3n) is 5.30. The maximum atomic E-state index is 12.8. The van der Waals surface area contributed by atoms with Gasteiger partial charge in [-0.05, 0) is 36.4 Å². The molecule has 0 aliphatic heterocycles. The van der Waals surface area contributed by atoms with Crippen molar-refractivity contribution in [1.82, 2.24) is 0 Å². The summed E-state index contributed by atoms with van der Waals surface area (Å²) in [6.07, 6.45) is 0. The zero-order valence-electron chi connectivity index (χ0n) is 19.1. The second kappa shape index (κ2) is 11.3. The third-order valence-corrected chi connectivity index (χ3v) is 5.60. The molecule has 0 amide bonds. The number of halogens is 1. The van der Waals surface area contributed by atoms with Crippen LogP contribution in [-0.4, -0.2) is 29.1 Å². The number of benzene rings is 4. The van der Waals surface area contributed by atoms with Crippen molar-refractivity contribution in [1.29, 1.82) is 0 Å². The second-order valence-electron chi connectivity index (χ2n) is 7.71. The van der Waals surface area contributed by atoms with E-state index in [-0.39, 0.29) is 44.7 Å². The van der Waals surface area contributed by atoms with Gasteiger partial charge in [-0.3, -0.25) is 19.7 Å².